The first-order chi connectivity index (χ1) is 6.27. The van der Waals surface area contributed by atoms with Gasteiger partial charge in [0.05, 0.1) is 18.2 Å². The van der Waals surface area contributed by atoms with Gasteiger partial charge in [-0.05, 0) is 12.1 Å². The molecule has 0 heterocycles. The van der Waals surface area contributed by atoms with Crippen LogP contribution < -0.4 is 4.74 Å². The van der Waals surface area contributed by atoms with E-state index in [4.69, 9.17) is 15.1 Å². The molecule has 68 valence electrons. The Morgan fingerprint density at radius 2 is 2.23 bits per heavy atom. The molecule has 0 amide bonds. The van der Waals surface area contributed by atoms with E-state index in [2.05, 4.69) is 0 Å². The second-order valence-electron chi connectivity index (χ2n) is 2.37. The lowest BCUT2D eigenvalue weighted by molar-refractivity contribution is 0.197. The standard InChI is InChI=1S/C9H9NO3/c10-6-7-1-2-8(12)9(5-7)13-4-3-11/h1-2,5,11-12H,3-4H2. The molecule has 0 aliphatic heterocycles. The van der Waals surface area contributed by atoms with Crippen LogP contribution in [0.1, 0.15) is 5.56 Å². The number of aliphatic hydroxyl groups excluding tert-OH is 1. The number of nitriles is 1. The van der Waals surface area contributed by atoms with Gasteiger partial charge in [0.25, 0.3) is 0 Å². The first kappa shape index (κ1) is 9.36. The highest BCUT2D eigenvalue weighted by Gasteiger charge is 2.02. The Morgan fingerprint density at radius 1 is 1.46 bits per heavy atom. The molecule has 1 aromatic carbocycles. The SMILES string of the molecule is N#Cc1ccc(O)c(OCCO)c1. The molecule has 0 aromatic heterocycles. The van der Waals surface area contributed by atoms with Crippen LogP contribution in [-0.2, 0) is 0 Å². The molecule has 4 heteroatoms. The van der Waals surface area contributed by atoms with Crippen molar-refractivity contribution in [3.05, 3.63) is 23.8 Å². The highest BCUT2D eigenvalue weighted by atomic mass is 16.5. The number of phenolic OH excluding ortho intramolecular Hbond substituents is 1. The summed E-state index contributed by atoms with van der Waals surface area (Å²) in [6, 6.07) is 6.21. The van der Waals surface area contributed by atoms with Gasteiger partial charge in [0.2, 0.25) is 0 Å². The molecule has 0 atom stereocenters. The zero-order valence-corrected chi connectivity index (χ0v) is 6.90. The van der Waals surface area contributed by atoms with Crippen molar-refractivity contribution in [3.8, 4) is 17.6 Å². The second-order valence-corrected chi connectivity index (χ2v) is 2.37. The van der Waals surface area contributed by atoms with E-state index >= 15 is 0 Å². The maximum atomic E-state index is 9.24. The average molecular weight is 179 g/mol. The fourth-order valence-electron chi connectivity index (χ4n) is 0.855. The lowest BCUT2D eigenvalue weighted by Gasteiger charge is -2.05. The fourth-order valence-corrected chi connectivity index (χ4v) is 0.855. The van der Waals surface area contributed by atoms with Gasteiger partial charge in [0.15, 0.2) is 11.5 Å². The predicted molar refractivity (Wildman–Crippen MR) is 45.4 cm³/mol. The van der Waals surface area contributed by atoms with E-state index in [1.807, 2.05) is 6.07 Å². The first-order valence-corrected chi connectivity index (χ1v) is 3.74. The van der Waals surface area contributed by atoms with Gasteiger partial charge < -0.3 is 14.9 Å². The van der Waals surface area contributed by atoms with Gasteiger partial charge in [0.1, 0.15) is 6.61 Å². The number of rotatable bonds is 3. The average Bonchev–Trinajstić information content (AvgIpc) is 2.17. The van der Waals surface area contributed by atoms with E-state index in [9.17, 15) is 5.11 Å². The summed E-state index contributed by atoms with van der Waals surface area (Å²) >= 11 is 0. The molecule has 0 radical (unpaired) electrons. The zero-order valence-electron chi connectivity index (χ0n) is 6.90. The van der Waals surface area contributed by atoms with E-state index in [1.165, 1.54) is 18.2 Å². The van der Waals surface area contributed by atoms with Gasteiger partial charge in [-0.2, -0.15) is 5.26 Å². The molecule has 13 heavy (non-hydrogen) atoms. The van der Waals surface area contributed by atoms with Crippen molar-refractivity contribution >= 4 is 0 Å². The van der Waals surface area contributed by atoms with Gasteiger partial charge >= 0.3 is 0 Å². The molecule has 4 nitrogen and oxygen atoms in total. The fraction of sp³-hybridized carbons (Fsp3) is 0.222. The van der Waals surface area contributed by atoms with Crippen molar-refractivity contribution in [2.45, 2.75) is 0 Å². The Hall–Kier alpha value is -1.73. The van der Waals surface area contributed by atoms with Gasteiger partial charge in [-0.15, -0.1) is 0 Å². The van der Waals surface area contributed by atoms with E-state index in [1.54, 1.807) is 0 Å². The highest BCUT2D eigenvalue weighted by Crippen LogP contribution is 2.26. The molecule has 0 saturated heterocycles. The first-order valence-electron chi connectivity index (χ1n) is 3.74. The summed E-state index contributed by atoms with van der Waals surface area (Å²) in [6.45, 7) is -0.0291. The summed E-state index contributed by atoms with van der Waals surface area (Å²) in [7, 11) is 0. The van der Waals surface area contributed by atoms with Gasteiger partial charge in [-0.25, -0.2) is 0 Å². The van der Waals surface area contributed by atoms with Crippen molar-refractivity contribution in [1.29, 1.82) is 5.26 Å². The van der Waals surface area contributed by atoms with Crippen LogP contribution in [0.5, 0.6) is 11.5 Å². The number of hydrogen-bond donors (Lipinski definition) is 2. The summed E-state index contributed by atoms with van der Waals surface area (Å²) in [5, 5.41) is 26.3. The third-order valence-electron chi connectivity index (χ3n) is 1.44. The van der Waals surface area contributed by atoms with Crippen LogP contribution in [0.4, 0.5) is 0 Å². The van der Waals surface area contributed by atoms with Crippen LogP contribution in [0.2, 0.25) is 0 Å². The Balaban J connectivity index is 2.85. The van der Waals surface area contributed by atoms with Crippen LogP contribution in [0, 0.1) is 11.3 Å². The number of aliphatic hydroxyl groups is 1. The Kier molecular flexibility index (Phi) is 3.12. The number of phenols is 1. The Morgan fingerprint density at radius 3 is 2.85 bits per heavy atom. The van der Waals surface area contributed by atoms with Crippen LogP contribution in [0.3, 0.4) is 0 Å². The van der Waals surface area contributed by atoms with Crippen LogP contribution in [-0.4, -0.2) is 23.4 Å². The Bertz CT molecular complexity index is 330. The number of ether oxygens (including phenoxy) is 1. The van der Waals surface area contributed by atoms with Gasteiger partial charge in [-0.3, -0.25) is 0 Å². The maximum Gasteiger partial charge on any atom is 0.162 e. The molecule has 1 aromatic rings. The van der Waals surface area contributed by atoms with E-state index in [0.29, 0.717) is 5.56 Å². The largest absolute Gasteiger partial charge is 0.504 e. The van der Waals surface area contributed by atoms with E-state index < -0.39 is 0 Å². The minimum atomic E-state index is -0.129. The molecule has 0 fully saturated rings. The van der Waals surface area contributed by atoms with Crippen LogP contribution in [0.25, 0.3) is 0 Å². The molecule has 0 aliphatic carbocycles. The number of aromatic hydroxyl groups is 1. The van der Waals surface area contributed by atoms with Gasteiger partial charge in [-0.1, -0.05) is 0 Å². The number of hydrogen-bond acceptors (Lipinski definition) is 4. The summed E-state index contributed by atoms with van der Waals surface area (Å²) in [4.78, 5) is 0. The second kappa shape index (κ2) is 4.33. The maximum absolute atomic E-state index is 9.24. The highest BCUT2D eigenvalue weighted by molar-refractivity contribution is 5.45. The number of benzene rings is 1. The minimum absolute atomic E-state index is 0.0348. The molecule has 1 rings (SSSR count). The Labute approximate surface area is 75.6 Å². The monoisotopic (exact) mass is 179 g/mol. The third-order valence-corrected chi connectivity index (χ3v) is 1.44. The lowest BCUT2D eigenvalue weighted by atomic mass is 10.2. The summed E-state index contributed by atoms with van der Waals surface area (Å²) in [5.74, 6) is 0.181. The van der Waals surface area contributed by atoms with Crippen molar-refractivity contribution in [3.63, 3.8) is 0 Å². The molecule has 0 aliphatic rings. The van der Waals surface area contributed by atoms with Crippen molar-refractivity contribution in [2.24, 2.45) is 0 Å². The van der Waals surface area contributed by atoms with Gasteiger partial charge in [0, 0.05) is 6.07 Å². The van der Waals surface area contributed by atoms with Crippen molar-refractivity contribution < 1.29 is 14.9 Å². The van der Waals surface area contributed by atoms with Crippen LogP contribution >= 0.6 is 0 Å². The smallest absolute Gasteiger partial charge is 0.162 e. The lowest BCUT2D eigenvalue weighted by Crippen LogP contribution is -2.01. The quantitative estimate of drug-likeness (QED) is 0.713. The molecular weight excluding hydrogens is 170 g/mol. The van der Waals surface area contributed by atoms with E-state index in [-0.39, 0.29) is 24.7 Å². The molecule has 0 unspecified atom stereocenters. The summed E-state index contributed by atoms with van der Waals surface area (Å²) in [6.07, 6.45) is 0. The molecule has 0 bridgehead atoms. The predicted octanol–water partition coefficient (Wildman–Crippen LogP) is 0.635. The summed E-state index contributed by atoms with van der Waals surface area (Å²) < 4.78 is 4.98. The molecule has 2 N–H and O–H groups in total. The van der Waals surface area contributed by atoms with Crippen molar-refractivity contribution in [1.82, 2.24) is 0 Å². The molecule has 0 spiro atoms. The number of nitrogens with zero attached hydrogens (tertiary/aromatic N) is 1. The minimum Gasteiger partial charge on any atom is -0.504 e. The topological polar surface area (TPSA) is 73.5 Å². The van der Waals surface area contributed by atoms with Crippen LogP contribution in [0.15, 0.2) is 18.2 Å². The molecular formula is C9H9NO3. The third kappa shape index (κ3) is 2.36. The molecule has 0 saturated carbocycles. The summed E-state index contributed by atoms with van der Waals surface area (Å²) in [5.41, 5.74) is 0.408. The van der Waals surface area contributed by atoms with Crippen molar-refractivity contribution in [2.75, 3.05) is 13.2 Å². The zero-order chi connectivity index (χ0) is 9.68. The van der Waals surface area contributed by atoms with E-state index in [0.717, 1.165) is 0 Å². The normalized spacial score (nSPS) is 9.23.